The number of hydrogen-bond donors (Lipinski definition) is 1. The fourth-order valence-electron chi connectivity index (χ4n) is 3.16. The molecule has 1 N–H and O–H groups in total. The van der Waals surface area contributed by atoms with Gasteiger partial charge < -0.3 is 10.2 Å². The Morgan fingerprint density at radius 1 is 1.45 bits per heavy atom. The normalized spacial score (nSPS) is 26.4. The highest BCUT2D eigenvalue weighted by molar-refractivity contribution is 5.78. The molecule has 2 aliphatic rings. The van der Waals surface area contributed by atoms with Gasteiger partial charge in [0.05, 0.1) is 13.1 Å². The van der Waals surface area contributed by atoms with E-state index in [-0.39, 0.29) is 5.91 Å². The Labute approximate surface area is 119 Å². The summed E-state index contributed by atoms with van der Waals surface area (Å²) in [5.74, 6) is 1.93. The summed E-state index contributed by atoms with van der Waals surface area (Å²) in [7, 11) is 0. The van der Waals surface area contributed by atoms with Gasteiger partial charge in [-0.1, -0.05) is 6.92 Å². The summed E-state index contributed by atoms with van der Waals surface area (Å²) in [5, 5.41) is 7.59. The third kappa shape index (κ3) is 3.00. The number of hydrogen-bond acceptors (Lipinski definition) is 4. The maximum absolute atomic E-state index is 12.2. The third-order valence-corrected chi connectivity index (χ3v) is 4.36. The van der Waals surface area contributed by atoms with Crippen LogP contribution < -0.4 is 5.32 Å². The molecule has 1 aromatic rings. The molecule has 3 heterocycles. The van der Waals surface area contributed by atoms with E-state index in [2.05, 4.69) is 22.3 Å². The average Bonchev–Trinajstić information content (AvgIpc) is 2.92. The summed E-state index contributed by atoms with van der Waals surface area (Å²) in [4.78, 5) is 18.4. The Kier molecular flexibility index (Phi) is 4.00. The Bertz CT molecular complexity index is 472. The lowest BCUT2D eigenvalue weighted by molar-refractivity contribution is -0.132. The van der Waals surface area contributed by atoms with Gasteiger partial charge in [0.2, 0.25) is 5.91 Å². The molecule has 2 atom stereocenters. The fourth-order valence-corrected chi connectivity index (χ4v) is 3.16. The number of aromatic nitrogens is 3. The molecule has 1 aromatic heterocycles. The minimum atomic E-state index is 0.237. The molecule has 20 heavy (non-hydrogen) atoms. The van der Waals surface area contributed by atoms with Crippen molar-refractivity contribution in [3.05, 3.63) is 12.2 Å². The zero-order valence-electron chi connectivity index (χ0n) is 12.1. The lowest BCUT2D eigenvalue weighted by atomic mass is 10.0. The second-order valence-corrected chi connectivity index (χ2v) is 6.06. The van der Waals surface area contributed by atoms with Gasteiger partial charge in [-0.3, -0.25) is 4.79 Å². The number of likely N-dealkylation sites (tertiary alicyclic amines) is 1. The first-order chi connectivity index (χ1) is 9.72. The molecule has 1 amide bonds. The van der Waals surface area contributed by atoms with E-state index in [4.69, 9.17) is 0 Å². The van der Waals surface area contributed by atoms with Crippen LogP contribution in [-0.2, 0) is 17.8 Å². The van der Waals surface area contributed by atoms with E-state index in [0.717, 1.165) is 44.7 Å². The predicted molar refractivity (Wildman–Crippen MR) is 75.1 cm³/mol. The fraction of sp³-hybridized carbons (Fsp3) is 0.786. The molecule has 0 saturated carbocycles. The van der Waals surface area contributed by atoms with Gasteiger partial charge in [0.25, 0.3) is 0 Å². The van der Waals surface area contributed by atoms with E-state index < -0.39 is 0 Å². The third-order valence-electron chi connectivity index (χ3n) is 4.36. The van der Waals surface area contributed by atoms with Crippen LogP contribution in [0, 0.1) is 5.92 Å². The van der Waals surface area contributed by atoms with Crippen LogP contribution in [0.15, 0.2) is 6.33 Å². The van der Waals surface area contributed by atoms with Crippen molar-refractivity contribution in [2.75, 3.05) is 19.6 Å². The van der Waals surface area contributed by atoms with Crippen molar-refractivity contribution in [2.45, 2.75) is 45.2 Å². The maximum Gasteiger partial charge on any atom is 0.236 e. The smallest absolute Gasteiger partial charge is 0.236 e. The Morgan fingerprint density at radius 2 is 2.35 bits per heavy atom. The van der Waals surface area contributed by atoms with Crippen molar-refractivity contribution in [3.8, 4) is 0 Å². The van der Waals surface area contributed by atoms with Crippen LogP contribution in [0.5, 0.6) is 0 Å². The van der Waals surface area contributed by atoms with Gasteiger partial charge in [0.1, 0.15) is 12.2 Å². The number of nitrogens with one attached hydrogen (secondary N) is 1. The average molecular weight is 277 g/mol. The van der Waals surface area contributed by atoms with E-state index in [1.54, 1.807) is 6.33 Å². The first-order valence-corrected chi connectivity index (χ1v) is 7.60. The quantitative estimate of drug-likeness (QED) is 0.871. The van der Waals surface area contributed by atoms with E-state index >= 15 is 0 Å². The molecular formula is C14H23N5O. The number of fused-ring (bicyclic) bond motifs is 1. The summed E-state index contributed by atoms with van der Waals surface area (Å²) in [6.07, 6.45) is 5.96. The molecule has 0 radical (unpaired) electrons. The van der Waals surface area contributed by atoms with Crippen LogP contribution in [0.25, 0.3) is 0 Å². The molecule has 2 aliphatic heterocycles. The number of amides is 1. The van der Waals surface area contributed by atoms with Crippen molar-refractivity contribution in [3.63, 3.8) is 0 Å². The molecule has 110 valence electrons. The molecule has 6 heteroatoms. The van der Waals surface area contributed by atoms with Crippen LogP contribution in [0.1, 0.15) is 32.0 Å². The van der Waals surface area contributed by atoms with Gasteiger partial charge in [-0.15, -0.1) is 0 Å². The van der Waals surface area contributed by atoms with E-state index in [9.17, 15) is 4.79 Å². The van der Waals surface area contributed by atoms with Gasteiger partial charge in [0.15, 0.2) is 0 Å². The number of piperidine rings is 1. The first-order valence-electron chi connectivity index (χ1n) is 7.60. The van der Waals surface area contributed by atoms with Crippen LogP contribution in [0.2, 0.25) is 0 Å². The molecule has 3 rings (SSSR count). The number of carbonyl (C=O) groups excluding carboxylic acids is 1. The highest BCUT2D eigenvalue weighted by atomic mass is 16.2. The summed E-state index contributed by atoms with van der Waals surface area (Å²) >= 11 is 0. The lowest BCUT2D eigenvalue weighted by Gasteiger charge is -2.32. The molecule has 0 spiro atoms. The highest BCUT2D eigenvalue weighted by Gasteiger charge is 2.23. The van der Waals surface area contributed by atoms with Gasteiger partial charge >= 0.3 is 0 Å². The molecule has 0 bridgehead atoms. The molecule has 0 aliphatic carbocycles. The topological polar surface area (TPSA) is 63.1 Å². The second-order valence-electron chi connectivity index (χ2n) is 6.06. The minimum Gasteiger partial charge on any atom is -0.341 e. The van der Waals surface area contributed by atoms with Crippen molar-refractivity contribution < 1.29 is 4.79 Å². The van der Waals surface area contributed by atoms with E-state index in [1.165, 1.54) is 6.42 Å². The maximum atomic E-state index is 12.2. The molecule has 1 saturated heterocycles. The Balaban J connectivity index is 1.47. The predicted octanol–water partition coefficient (Wildman–Crippen LogP) is 0.441. The molecule has 0 unspecified atom stereocenters. The molecule has 1 fully saturated rings. The van der Waals surface area contributed by atoms with Crippen LogP contribution in [-0.4, -0.2) is 51.2 Å². The molecule has 0 aromatic carbocycles. The minimum absolute atomic E-state index is 0.237. The first kappa shape index (κ1) is 13.5. The lowest BCUT2D eigenvalue weighted by Crippen LogP contribution is -2.47. The van der Waals surface area contributed by atoms with Gasteiger partial charge in [-0.05, 0) is 25.2 Å². The molecule has 6 nitrogen and oxygen atoms in total. The number of nitrogens with zero attached hydrogens (tertiary/aromatic N) is 4. The SMILES string of the molecule is C[C@H]1CCCN(C(=O)CN[C@H]2CCc3ncnn3C2)C1. The van der Waals surface area contributed by atoms with Crippen LogP contribution >= 0.6 is 0 Å². The van der Waals surface area contributed by atoms with Gasteiger partial charge in [-0.2, -0.15) is 5.10 Å². The summed E-state index contributed by atoms with van der Waals surface area (Å²) in [5.41, 5.74) is 0. The van der Waals surface area contributed by atoms with Crippen molar-refractivity contribution in [2.24, 2.45) is 5.92 Å². The zero-order valence-corrected chi connectivity index (χ0v) is 12.1. The van der Waals surface area contributed by atoms with Crippen molar-refractivity contribution >= 4 is 5.91 Å². The second kappa shape index (κ2) is 5.91. The highest BCUT2D eigenvalue weighted by Crippen LogP contribution is 2.15. The molecular weight excluding hydrogens is 254 g/mol. The number of carbonyl (C=O) groups is 1. The summed E-state index contributed by atoms with van der Waals surface area (Å²) < 4.78 is 1.94. The Hall–Kier alpha value is -1.43. The number of rotatable bonds is 3. The van der Waals surface area contributed by atoms with Crippen molar-refractivity contribution in [1.82, 2.24) is 25.0 Å². The largest absolute Gasteiger partial charge is 0.341 e. The van der Waals surface area contributed by atoms with E-state index in [1.807, 2.05) is 9.58 Å². The Morgan fingerprint density at radius 3 is 3.20 bits per heavy atom. The van der Waals surface area contributed by atoms with E-state index in [0.29, 0.717) is 18.5 Å². The van der Waals surface area contributed by atoms with Crippen molar-refractivity contribution in [1.29, 1.82) is 0 Å². The van der Waals surface area contributed by atoms with Gasteiger partial charge in [0, 0.05) is 25.6 Å². The van der Waals surface area contributed by atoms with Crippen LogP contribution in [0.4, 0.5) is 0 Å². The standard InChI is InChI=1S/C14H23N5O/c1-11-3-2-6-18(8-11)14(20)7-15-12-4-5-13-16-10-17-19(13)9-12/h10-12,15H,2-9H2,1H3/t11-,12-/m0/s1. The monoisotopic (exact) mass is 277 g/mol. The van der Waals surface area contributed by atoms with Crippen LogP contribution in [0.3, 0.4) is 0 Å². The summed E-state index contributed by atoms with van der Waals surface area (Å²) in [6, 6.07) is 0.329. The zero-order chi connectivity index (χ0) is 13.9. The van der Waals surface area contributed by atoms with Gasteiger partial charge in [-0.25, -0.2) is 9.67 Å². The summed E-state index contributed by atoms with van der Waals surface area (Å²) in [6.45, 7) is 5.32. The number of aryl methyl sites for hydroxylation is 1.